The van der Waals surface area contributed by atoms with E-state index in [4.69, 9.17) is 9.26 Å². The molecular weight excluding hydrogens is 326 g/mol. The van der Waals surface area contributed by atoms with Crippen LogP contribution in [0.4, 0.5) is 0 Å². The third-order valence-corrected chi connectivity index (χ3v) is 4.60. The van der Waals surface area contributed by atoms with Crippen LogP contribution in [-0.4, -0.2) is 21.7 Å². The number of benzene rings is 2. The summed E-state index contributed by atoms with van der Waals surface area (Å²) in [6.07, 6.45) is 5.63. The highest BCUT2D eigenvalue weighted by Crippen LogP contribution is 2.38. The van der Waals surface area contributed by atoms with E-state index in [2.05, 4.69) is 16.2 Å². The number of hydrogen-bond donors (Lipinski definition) is 0. The van der Waals surface area contributed by atoms with E-state index in [0.29, 0.717) is 0 Å². The number of aromatic nitrogens is 3. The predicted octanol–water partition coefficient (Wildman–Crippen LogP) is 4.82. The standard InChI is InChI=1S/C21H15N3O2/c1-25-19-10-3-2-6-15(19)20-16-8-4-7-14(21(16)26-23-20)17-12-22-13-24-11-5-9-18(17)24/h2-13H,1H3. The summed E-state index contributed by atoms with van der Waals surface area (Å²) in [5.74, 6) is 0.767. The Morgan fingerprint density at radius 3 is 2.73 bits per heavy atom. The van der Waals surface area contributed by atoms with Crippen LogP contribution in [0.5, 0.6) is 5.75 Å². The fourth-order valence-corrected chi connectivity index (χ4v) is 3.39. The molecular formula is C21H15N3O2. The van der Waals surface area contributed by atoms with Crippen LogP contribution < -0.4 is 4.74 Å². The summed E-state index contributed by atoms with van der Waals surface area (Å²) >= 11 is 0. The van der Waals surface area contributed by atoms with Crippen molar-refractivity contribution in [3.63, 3.8) is 0 Å². The summed E-state index contributed by atoms with van der Waals surface area (Å²) < 4.78 is 13.2. The van der Waals surface area contributed by atoms with E-state index in [-0.39, 0.29) is 0 Å². The number of hydrogen-bond acceptors (Lipinski definition) is 4. The normalized spacial score (nSPS) is 11.3. The topological polar surface area (TPSA) is 52.6 Å². The Morgan fingerprint density at radius 2 is 1.81 bits per heavy atom. The molecule has 0 unspecified atom stereocenters. The fourth-order valence-electron chi connectivity index (χ4n) is 3.39. The van der Waals surface area contributed by atoms with Gasteiger partial charge in [0.05, 0.1) is 24.3 Å². The molecule has 5 rings (SSSR count). The molecule has 2 aromatic carbocycles. The number of para-hydroxylation sites is 2. The lowest BCUT2D eigenvalue weighted by molar-refractivity contribution is 0.415. The van der Waals surface area contributed by atoms with Gasteiger partial charge in [0.2, 0.25) is 0 Å². The number of methoxy groups -OCH3 is 1. The second kappa shape index (κ2) is 5.74. The van der Waals surface area contributed by atoms with E-state index in [1.807, 2.05) is 65.3 Å². The van der Waals surface area contributed by atoms with Gasteiger partial charge in [0.15, 0.2) is 5.58 Å². The monoisotopic (exact) mass is 341 g/mol. The minimum atomic E-state index is 0.740. The van der Waals surface area contributed by atoms with Crippen LogP contribution >= 0.6 is 0 Å². The molecule has 0 atom stereocenters. The minimum absolute atomic E-state index is 0.740. The summed E-state index contributed by atoms with van der Waals surface area (Å²) in [6.45, 7) is 0. The van der Waals surface area contributed by atoms with Gasteiger partial charge in [0.25, 0.3) is 0 Å². The highest BCUT2D eigenvalue weighted by atomic mass is 16.5. The molecule has 0 fully saturated rings. The van der Waals surface area contributed by atoms with Crippen molar-refractivity contribution in [1.29, 1.82) is 0 Å². The molecule has 0 radical (unpaired) electrons. The van der Waals surface area contributed by atoms with Gasteiger partial charge in [-0.1, -0.05) is 29.4 Å². The molecule has 126 valence electrons. The van der Waals surface area contributed by atoms with E-state index < -0.39 is 0 Å². The zero-order valence-corrected chi connectivity index (χ0v) is 14.1. The highest BCUT2D eigenvalue weighted by molar-refractivity contribution is 6.02. The lowest BCUT2D eigenvalue weighted by atomic mass is 10.0. The predicted molar refractivity (Wildman–Crippen MR) is 100 cm³/mol. The third kappa shape index (κ3) is 2.10. The Labute approximate surface area is 149 Å². The summed E-state index contributed by atoms with van der Waals surface area (Å²) in [7, 11) is 1.66. The van der Waals surface area contributed by atoms with Crippen molar-refractivity contribution in [1.82, 2.24) is 14.5 Å². The molecule has 0 saturated heterocycles. The quantitative estimate of drug-likeness (QED) is 0.472. The Morgan fingerprint density at radius 1 is 0.923 bits per heavy atom. The van der Waals surface area contributed by atoms with Gasteiger partial charge >= 0.3 is 0 Å². The summed E-state index contributed by atoms with van der Waals surface area (Å²) in [6, 6.07) is 17.9. The van der Waals surface area contributed by atoms with Crippen molar-refractivity contribution < 1.29 is 9.26 Å². The third-order valence-electron chi connectivity index (χ3n) is 4.60. The van der Waals surface area contributed by atoms with Crippen molar-refractivity contribution in [3.05, 3.63) is 73.3 Å². The van der Waals surface area contributed by atoms with Crippen molar-refractivity contribution in [2.75, 3.05) is 7.11 Å². The summed E-state index contributed by atoms with van der Waals surface area (Å²) in [5.41, 5.74) is 5.46. The zero-order valence-electron chi connectivity index (χ0n) is 14.1. The van der Waals surface area contributed by atoms with Crippen LogP contribution in [0.25, 0.3) is 38.9 Å². The molecule has 0 bridgehead atoms. The van der Waals surface area contributed by atoms with Gasteiger partial charge in [-0.15, -0.1) is 0 Å². The Balaban J connectivity index is 1.78. The Hall–Kier alpha value is -3.60. The van der Waals surface area contributed by atoms with Gasteiger partial charge in [0, 0.05) is 29.1 Å². The van der Waals surface area contributed by atoms with E-state index >= 15 is 0 Å². The molecule has 0 saturated carbocycles. The average molecular weight is 341 g/mol. The maximum atomic E-state index is 5.77. The molecule has 3 heterocycles. The molecule has 26 heavy (non-hydrogen) atoms. The largest absolute Gasteiger partial charge is 0.496 e. The van der Waals surface area contributed by atoms with Crippen LogP contribution in [0.2, 0.25) is 0 Å². The molecule has 0 amide bonds. The van der Waals surface area contributed by atoms with Crippen molar-refractivity contribution in [2.24, 2.45) is 0 Å². The molecule has 0 spiro atoms. The zero-order chi connectivity index (χ0) is 17.5. The summed E-state index contributed by atoms with van der Waals surface area (Å²) in [4.78, 5) is 4.34. The SMILES string of the molecule is COc1ccccc1-c1noc2c(-c3cncn4cccc34)cccc12. The molecule has 5 nitrogen and oxygen atoms in total. The molecule has 0 aliphatic carbocycles. The van der Waals surface area contributed by atoms with Gasteiger partial charge < -0.3 is 13.7 Å². The molecule has 5 aromatic rings. The van der Waals surface area contributed by atoms with Crippen LogP contribution in [0, 0.1) is 0 Å². The number of ether oxygens (including phenoxy) is 1. The first-order valence-electron chi connectivity index (χ1n) is 8.29. The average Bonchev–Trinajstić information content (AvgIpc) is 3.34. The lowest BCUT2D eigenvalue weighted by Gasteiger charge is -2.06. The van der Waals surface area contributed by atoms with Crippen LogP contribution in [0.1, 0.15) is 0 Å². The number of fused-ring (bicyclic) bond motifs is 2. The van der Waals surface area contributed by atoms with Gasteiger partial charge in [0.1, 0.15) is 11.4 Å². The van der Waals surface area contributed by atoms with Gasteiger partial charge in [-0.3, -0.25) is 0 Å². The minimum Gasteiger partial charge on any atom is -0.496 e. The molecule has 5 heteroatoms. The maximum absolute atomic E-state index is 5.77. The lowest BCUT2D eigenvalue weighted by Crippen LogP contribution is -1.89. The van der Waals surface area contributed by atoms with Gasteiger partial charge in [-0.2, -0.15) is 0 Å². The number of rotatable bonds is 3. The second-order valence-electron chi connectivity index (χ2n) is 6.02. The highest BCUT2D eigenvalue weighted by Gasteiger charge is 2.18. The van der Waals surface area contributed by atoms with Crippen LogP contribution in [0.15, 0.2) is 77.8 Å². The van der Waals surface area contributed by atoms with E-state index in [0.717, 1.165) is 44.6 Å². The maximum Gasteiger partial charge on any atom is 0.175 e. The van der Waals surface area contributed by atoms with Crippen molar-refractivity contribution in [3.8, 4) is 28.1 Å². The first kappa shape index (κ1) is 14.7. The van der Waals surface area contributed by atoms with Crippen LogP contribution in [0.3, 0.4) is 0 Å². The summed E-state index contributed by atoms with van der Waals surface area (Å²) in [5, 5.41) is 5.29. The Bertz CT molecular complexity index is 1240. The van der Waals surface area contributed by atoms with E-state index in [1.54, 1.807) is 13.4 Å². The molecule has 3 aromatic heterocycles. The molecule has 0 N–H and O–H groups in total. The van der Waals surface area contributed by atoms with E-state index in [1.165, 1.54) is 0 Å². The molecule has 0 aliphatic rings. The first-order chi connectivity index (χ1) is 12.9. The number of nitrogens with zero attached hydrogens (tertiary/aromatic N) is 3. The Kier molecular flexibility index (Phi) is 3.25. The van der Waals surface area contributed by atoms with E-state index in [9.17, 15) is 0 Å². The van der Waals surface area contributed by atoms with Crippen LogP contribution in [-0.2, 0) is 0 Å². The van der Waals surface area contributed by atoms with Gasteiger partial charge in [-0.25, -0.2) is 4.98 Å². The van der Waals surface area contributed by atoms with Crippen molar-refractivity contribution >= 4 is 16.5 Å². The second-order valence-corrected chi connectivity index (χ2v) is 6.02. The molecule has 0 aliphatic heterocycles. The first-order valence-corrected chi connectivity index (χ1v) is 8.29. The van der Waals surface area contributed by atoms with Crippen molar-refractivity contribution in [2.45, 2.75) is 0 Å². The smallest absolute Gasteiger partial charge is 0.175 e. The van der Waals surface area contributed by atoms with Gasteiger partial charge in [-0.05, 0) is 30.3 Å². The fraction of sp³-hybridized carbons (Fsp3) is 0.0476.